The highest BCUT2D eigenvalue weighted by atomic mass is 32.1. The Morgan fingerprint density at radius 2 is 2.00 bits per heavy atom. The monoisotopic (exact) mass is 141 g/mol. The van der Waals surface area contributed by atoms with Gasteiger partial charge in [0, 0.05) is 11.6 Å². The summed E-state index contributed by atoms with van der Waals surface area (Å²) >= 11 is 1.60. The third kappa shape index (κ3) is 7.37. The van der Waals surface area contributed by atoms with Gasteiger partial charge in [0.1, 0.15) is 0 Å². The van der Waals surface area contributed by atoms with Crippen molar-refractivity contribution in [1.82, 2.24) is 4.98 Å². The van der Waals surface area contributed by atoms with Crippen molar-refractivity contribution < 1.29 is 0 Å². The van der Waals surface area contributed by atoms with Crippen molar-refractivity contribution in [3.8, 4) is 0 Å². The Bertz CT molecular complexity index is 111. The Balaban J connectivity index is 0.000000148. The number of hydrogen-bond donors (Lipinski definition) is 0. The highest BCUT2D eigenvalue weighted by Gasteiger charge is 1.59. The van der Waals surface area contributed by atoms with Crippen LogP contribution in [-0.4, -0.2) is 4.98 Å². The first-order valence-corrected chi connectivity index (χ1v) is 3.75. The lowest BCUT2D eigenvalue weighted by Crippen LogP contribution is -1.38. The molecule has 0 spiro atoms. The van der Waals surface area contributed by atoms with Crippen LogP contribution >= 0.6 is 11.3 Å². The molecule has 0 bridgehead atoms. The van der Waals surface area contributed by atoms with Crippen LogP contribution in [0.2, 0.25) is 0 Å². The largest absolute Gasteiger partial charge is 0.253 e. The van der Waals surface area contributed by atoms with Crippen molar-refractivity contribution in [3.05, 3.63) is 29.2 Å². The SMILES string of the molecule is C/C=C\C.c1cscn1. The average molecular weight is 141 g/mol. The maximum absolute atomic E-state index is 3.74. The third-order valence-electron chi connectivity index (χ3n) is 0.681. The molecule has 0 radical (unpaired) electrons. The average Bonchev–Trinajstić information content (AvgIpc) is 2.43. The maximum Gasteiger partial charge on any atom is 0.0791 e. The summed E-state index contributed by atoms with van der Waals surface area (Å²) in [4.78, 5) is 3.74. The standard InChI is InChI=1S/C4H8.C3H3NS/c1-3-4-2;1-2-5-3-4-1/h3-4H,1-2H3;1-3H/b4-3-;. The smallest absolute Gasteiger partial charge is 0.0791 e. The van der Waals surface area contributed by atoms with E-state index in [1.54, 1.807) is 23.0 Å². The molecule has 0 unspecified atom stereocenters. The lowest BCUT2D eigenvalue weighted by atomic mass is 10.6. The van der Waals surface area contributed by atoms with Crippen LogP contribution in [0.4, 0.5) is 0 Å². The van der Waals surface area contributed by atoms with Gasteiger partial charge in [-0.15, -0.1) is 11.3 Å². The lowest BCUT2D eigenvalue weighted by molar-refractivity contribution is 1.43. The first kappa shape index (κ1) is 8.37. The van der Waals surface area contributed by atoms with E-state index >= 15 is 0 Å². The molecule has 1 heterocycles. The summed E-state index contributed by atoms with van der Waals surface area (Å²) in [6.07, 6.45) is 5.77. The Morgan fingerprint density at radius 1 is 1.33 bits per heavy atom. The Labute approximate surface area is 60.1 Å². The van der Waals surface area contributed by atoms with Gasteiger partial charge in [-0.05, 0) is 13.8 Å². The predicted molar refractivity (Wildman–Crippen MR) is 42.6 cm³/mol. The van der Waals surface area contributed by atoms with Gasteiger partial charge in [-0.3, -0.25) is 4.98 Å². The van der Waals surface area contributed by atoms with Gasteiger partial charge in [0.25, 0.3) is 0 Å². The first-order chi connectivity index (χ1) is 4.41. The van der Waals surface area contributed by atoms with Crippen LogP contribution in [0, 0.1) is 0 Å². The van der Waals surface area contributed by atoms with E-state index in [0.29, 0.717) is 0 Å². The Hall–Kier alpha value is -0.630. The Kier molecular flexibility index (Phi) is 6.85. The molecule has 0 aromatic carbocycles. The molecule has 1 rings (SSSR count). The number of hydrogen-bond acceptors (Lipinski definition) is 2. The number of aromatic nitrogens is 1. The summed E-state index contributed by atoms with van der Waals surface area (Å²) in [6, 6.07) is 0. The molecule has 0 amide bonds. The van der Waals surface area contributed by atoms with E-state index < -0.39 is 0 Å². The molecule has 0 aliphatic rings. The molecule has 50 valence electrons. The second-order valence-electron chi connectivity index (χ2n) is 1.34. The van der Waals surface area contributed by atoms with E-state index in [2.05, 4.69) is 4.98 Å². The maximum atomic E-state index is 3.74. The van der Waals surface area contributed by atoms with Crippen LogP contribution in [0.3, 0.4) is 0 Å². The van der Waals surface area contributed by atoms with Gasteiger partial charge in [0.05, 0.1) is 5.51 Å². The van der Waals surface area contributed by atoms with Crippen molar-refractivity contribution in [3.63, 3.8) is 0 Å². The summed E-state index contributed by atoms with van der Waals surface area (Å²) in [5.74, 6) is 0. The van der Waals surface area contributed by atoms with E-state index in [1.807, 2.05) is 31.4 Å². The van der Waals surface area contributed by atoms with Crippen LogP contribution in [0.25, 0.3) is 0 Å². The highest BCUT2D eigenvalue weighted by molar-refractivity contribution is 7.07. The van der Waals surface area contributed by atoms with Crippen LogP contribution in [0.1, 0.15) is 13.8 Å². The third-order valence-corrected chi connectivity index (χ3v) is 1.20. The minimum Gasteiger partial charge on any atom is -0.253 e. The van der Waals surface area contributed by atoms with Gasteiger partial charge in [-0.1, -0.05) is 12.2 Å². The normalized spacial score (nSPS) is 8.67. The van der Waals surface area contributed by atoms with Crippen LogP contribution in [-0.2, 0) is 0 Å². The summed E-state index contributed by atoms with van der Waals surface area (Å²) in [7, 11) is 0. The second kappa shape index (κ2) is 7.37. The molecule has 0 aliphatic heterocycles. The van der Waals surface area contributed by atoms with Crippen molar-refractivity contribution >= 4 is 11.3 Å². The summed E-state index contributed by atoms with van der Waals surface area (Å²) in [5, 5.41) is 1.93. The van der Waals surface area contributed by atoms with Crippen molar-refractivity contribution in [2.75, 3.05) is 0 Å². The van der Waals surface area contributed by atoms with Crippen LogP contribution in [0.5, 0.6) is 0 Å². The summed E-state index contributed by atoms with van der Waals surface area (Å²) < 4.78 is 0. The fraction of sp³-hybridized carbons (Fsp3) is 0.286. The van der Waals surface area contributed by atoms with Crippen LogP contribution in [0.15, 0.2) is 29.2 Å². The molecule has 1 nitrogen and oxygen atoms in total. The number of rotatable bonds is 0. The number of allylic oxidation sites excluding steroid dienone is 2. The number of thiazole rings is 1. The van der Waals surface area contributed by atoms with E-state index in [1.165, 1.54) is 0 Å². The van der Waals surface area contributed by atoms with Gasteiger partial charge in [-0.2, -0.15) is 0 Å². The zero-order valence-corrected chi connectivity index (χ0v) is 6.56. The van der Waals surface area contributed by atoms with E-state index in [4.69, 9.17) is 0 Å². The predicted octanol–water partition coefficient (Wildman–Crippen LogP) is 2.73. The van der Waals surface area contributed by atoms with Crippen LogP contribution < -0.4 is 0 Å². The number of nitrogens with zero attached hydrogens (tertiary/aromatic N) is 1. The van der Waals surface area contributed by atoms with Crippen molar-refractivity contribution in [2.24, 2.45) is 0 Å². The molecule has 0 N–H and O–H groups in total. The van der Waals surface area contributed by atoms with Crippen molar-refractivity contribution in [1.29, 1.82) is 0 Å². The lowest BCUT2D eigenvalue weighted by Gasteiger charge is -1.49. The van der Waals surface area contributed by atoms with Gasteiger partial charge in [0.2, 0.25) is 0 Å². The molecule has 1 aromatic heterocycles. The highest BCUT2D eigenvalue weighted by Crippen LogP contribution is 1.85. The molecule has 0 fully saturated rings. The van der Waals surface area contributed by atoms with Gasteiger partial charge in [-0.25, -0.2) is 0 Å². The molecule has 0 aliphatic carbocycles. The minimum atomic E-state index is 1.60. The quantitative estimate of drug-likeness (QED) is 0.506. The minimum absolute atomic E-state index is 1.60. The molecule has 2 heteroatoms. The second-order valence-corrected chi connectivity index (χ2v) is 2.10. The van der Waals surface area contributed by atoms with E-state index in [9.17, 15) is 0 Å². The molecule has 0 saturated carbocycles. The van der Waals surface area contributed by atoms with Gasteiger partial charge in [0.15, 0.2) is 0 Å². The zero-order valence-electron chi connectivity index (χ0n) is 5.74. The summed E-state index contributed by atoms with van der Waals surface area (Å²) in [5.41, 5.74) is 1.79. The fourth-order valence-corrected chi connectivity index (χ4v) is 0.527. The van der Waals surface area contributed by atoms with E-state index in [-0.39, 0.29) is 0 Å². The fourth-order valence-electron chi connectivity index (χ4n) is 0.176. The van der Waals surface area contributed by atoms with Crippen molar-refractivity contribution in [2.45, 2.75) is 13.8 Å². The Morgan fingerprint density at radius 3 is 2.11 bits per heavy atom. The molecule has 0 atom stereocenters. The molecule has 1 aromatic rings. The zero-order chi connectivity index (χ0) is 6.95. The molecule has 9 heavy (non-hydrogen) atoms. The first-order valence-electron chi connectivity index (χ1n) is 2.81. The molecule has 0 saturated heterocycles. The summed E-state index contributed by atoms with van der Waals surface area (Å²) in [6.45, 7) is 4.00. The molecular weight excluding hydrogens is 130 g/mol. The van der Waals surface area contributed by atoms with Gasteiger partial charge >= 0.3 is 0 Å². The topological polar surface area (TPSA) is 12.9 Å². The van der Waals surface area contributed by atoms with Gasteiger partial charge < -0.3 is 0 Å². The molecular formula is C7H11NS. The van der Waals surface area contributed by atoms with E-state index in [0.717, 1.165) is 0 Å².